The summed E-state index contributed by atoms with van der Waals surface area (Å²) in [5.41, 5.74) is 11.9. The standard InChI is InChI=1S/C21H32ClN5OSi/c1-20(2,3)13-29(7,21(4,5)6)28-12-14-9-8-10-15(11-14)26-27-18-16(23)17(22)24-19(27)25-18/h8-11,26H,12-13,23H2,1-7H3. The predicted molar refractivity (Wildman–Crippen MR) is 124 cm³/mol. The minimum Gasteiger partial charge on any atom is -0.412 e. The monoisotopic (exact) mass is 433 g/mol. The number of nitrogens with one attached hydrogen (secondary N) is 1. The largest absolute Gasteiger partial charge is 0.412 e. The molecule has 2 bridgehead atoms. The molecule has 8 heteroatoms. The molecule has 1 aliphatic heterocycles. The zero-order valence-electron chi connectivity index (χ0n) is 18.4. The molecule has 1 aliphatic rings. The molecule has 3 N–H and O–H groups in total. The van der Waals surface area contributed by atoms with Crippen LogP contribution in [0.1, 0.15) is 47.1 Å². The Labute approximate surface area is 179 Å². The lowest BCUT2D eigenvalue weighted by Crippen LogP contribution is -2.46. The van der Waals surface area contributed by atoms with Crippen molar-refractivity contribution in [1.82, 2.24) is 9.97 Å². The molecule has 0 spiro atoms. The molecular formula is C21H32ClN5OSi. The second-order valence-electron chi connectivity index (χ2n) is 10.2. The number of hydrazine groups is 1. The van der Waals surface area contributed by atoms with Gasteiger partial charge in [-0.1, -0.05) is 65.3 Å². The molecule has 0 aliphatic carbocycles. The number of nitrogens with zero attached hydrogens (tertiary/aromatic N) is 3. The smallest absolute Gasteiger partial charge is 0.254 e. The number of hydrogen-bond acceptors (Lipinski definition) is 6. The van der Waals surface area contributed by atoms with Gasteiger partial charge >= 0.3 is 0 Å². The Kier molecular flexibility index (Phi) is 5.62. The summed E-state index contributed by atoms with van der Waals surface area (Å²) in [6, 6.07) is 9.31. The van der Waals surface area contributed by atoms with Crippen LogP contribution in [0.5, 0.6) is 0 Å². The van der Waals surface area contributed by atoms with Gasteiger partial charge in [-0.05, 0) is 40.7 Å². The molecule has 0 amide bonds. The fraction of sp³-hybridized carbons (Fsp3) is 0.524. The summed E-state index contributed by atoms with van der Waals surface area (Å²) in [6.07, 6.45) is 0. The van der Waals surface area contributed by atoms with E-state index >= 15 is 0 Å². The summed E-state index contributed by atoms with van der Waals surface area (Å²) < 4.78 is 6.67. The van der Waals surface area contributed by atoms with E-state index in [1.807, 2.05) is 12.1 Å². The molecule has 2 heterocycles. The second-order valence-corrected chi connectivity index (χ2v) is 15.2. The van der Waals surface area contributed by atoms with Crippen molar-refractivity contribution < 1.29 is 4.43 Å². The van der Waals surface area contributed by atoms with Crippen LogP contribution in [0.25, 0.3) is 0 Å². The van der Waals surface area contributed by atoms with Crippen LogP contribution >= 0.6 is 11.6 Å². The van der Waals surface area contributed by atoms with Gasteiger partial charge in [-0.2, -0.15) is 9.97 Å². The Bertz CT molecular complexity index is 909. The fourth-order valence-electron chi connectivity index (χ4n) is 3.49. The summed E-state index contributed by atoms with van der Waals surface area (Å²) in [4.78, 5) is 8.38. The maximum atomic E-state index is 6.67. The molecule has 29 heavy (non-hydrogen) atoms. The number of fused-ring (bicyclic) bond motifs is 2. The van der Waals surface area contributed by atoms with Gasteiger partial charge in [0.25, 0.3) is 5.95 Å². The minimum atomic E-state index is -1.96. The molecule has 1 aromatic heterocycles. The molecule has 3 rings (SSSR count). The first-order valence-corrected chi connectivity index (χ1v) is 12.9. The van der Waals surface area contributed by atoms with Crippen molar-refractivity contribution in [2.45, 2.75) is 65.8 Å². The first-order valence-electron chi connectivity index (χ1n) is 9.92. The molecule has 0 radical (unpaired) electrons. The number of halogens is 1. The quantitative estimate of drug-likeness (QED) is 0.421. The summed E-state index contributed by atoms with van der Waals surface area (Å²) >= 11 is 5.97. The molecule has 0 saturated carbocycles. The Morgan fingerprint density at radius 3 is 2.45 bits per heavy atom. The molecule has 1 unspecified atom stereocenters. The topological polar surface area (TPSA) is 76.3 Å². The molecule has 0 saturated heterocycles. The lowest BCUT2D eigenvalue weighted by molar-refractivity contribution is 0.256. The number of anilines is 4. The van der Waals surface area contributed by atoms with Crippen LogP contribution in [0, 0.1) is 5.41 Å². The van der Waals surface area contributed by atoms with Crippen molar-refractivity contribution in [3.8, 4) is 0 Å². The van der Waals surface area contributed by atoms with Gasteiger partial charge in [0.15, 0.2) is 19.3 Å². The summed E-state index contributed by atoms with van der Waals surface area (Å²) in [7, 11) is -1.96. The third kappa shape index (κ3) is 4.68. The van der Waals surface area contributed by atoms with E-state index in [1.165, 1.54) is 0 Å². The van der Waals surface area contributed by atoms with E-state index in [-0.39, 0.29) is 15.6 Å². The van der Waals surface area contributed by atoms with E-state index in [0.717, 1.165) is 17.3 Å². The predicted octanol–water partition coefficient (Wildman–Crippen LogP) is 6.13. The molecular weight excluding hydrogens is 402 g/mol. The van der Waals surface area contributed by atoms with Crippen molar-refractivity contribution in [3.63, 3.8) is 0 Å². The number of benzene rings is 1. The SMILES string of the molecule is CC(C)(C)C[Si](C)(OCc1cccc(NN2C3=NC2=C(N)C(Cl)=N3)c1)C(C)(C)C. The Hall–Kier alpha value is -1.83. The Morgan fingerprint density at radius 2 is 1.86 bits per heavy atom. The summed E-state index contributed by atoms with van der Waals surface area (Å²) in [5, 5.41) is 2.19. The highest BCUT2D eigenvalue weighted by atomic mass is 35.5. The lowest BCUT2D eigenvalue weighted by atomic mass is 10.0. The van der Waals surface area contributed by atoms with Gasteiger partial charge in [-0.3, -0.25) is 5.43 Å². The lowest BCUT2D eigenvalue weighted by Gasteiger charge is -2.43. The molecule has 2 aromatic rings. The van der Waals surface area contributed by atoms with Crippen molar-refractivity contribution in [2.75, 3.05) is 16.2 Å². The minimum absolute atomic E-state index is 0.157. The van der Waals surface area contributed by atoms with Gasteiger partial charge in [0.1, 0.15) is 5.69 Å². The zero-order valence-corrected chi connectivity index (χ0v) is 20.2. The van der Waals surface area contributed by atoms with Crippen LogP contribution in [-0.4, -0.2) is 18.3 Å². The Balaban J connectivity index is 1.70. The molecule has 0 fully saturated rings. The van der Waals surface area contributed by atoms with Crippen LogP contribution in [0.3, 0.4) is 0 Å². The van der Waals surface area contributed by atoms with E-state index in [4.69, 9.17) is 21.8 Å². The van der Waals surface area contributed by atoms with Gasteiger partial charge in [-0.25, -0.2) is 5.01 Å². The fourth-order valence-corrected chi connectivity index (χ4v) is 7.23. The van der Waals surface area contributed by atoms with E-state index < -0.39 is 8.32 Å². The molecule has 158 valence electrons. The first kappa shape index (κ1) is 21.9. The van der Waals surface area contributed by atoms with E-state index in [0.29, 0.717) is 24.1 Å². The molecule has 6 nitrogen and oxygen atoms in total. The number of nitrogens with two attached hydrogens (primary N) is 1. The summed E-state index contributed by atoms with van der Waals surface area (Å²) in [6.45, 7) is 16.7. The van der Waals surface area contributed by atoms with Crippen LogP contribution < -0.4 is 16.2 Å². The van der Waals surface area contributed by atoms with Crippen molar-refractivity contribution >= 4 is 43.1 Å². The highest BCUT2D eigenvalue weighted by Crippen LogP contribution is 2.45. The first-order chi connectivity index (χ1) is 13.3. The highest BCUT2D eigenvalue weighted by Gasteiger charge is 2.44. The van der Waals surface area contributed by atoms with Crippen LogP contribution in [0.2, 0.25) is 22.8 Å². The van der Waals surface area contributed by atoms with E-state index in [1.54, 1.807) is 5.01 Å². The van der Waals surface area contributed by atoms with Crippen LogP contribution in [0.15, 0.2) is 24.3 Å². The number of nitrogen functional groups attached to an aromatic ring is 1. The maximum Gasteiger partial charge on any atom is 0.254 e. The normalized spacial score (nSPS) is 15.7. The third-order valence-corrected chi connectivity index (χ3v) is 11.4. The maximum absolute atomic E-state index is 6.67. The third-order valence-electron chi connectivity index (χ3n) is 5.46. The molecule has 1 aromatic carbocycles. The number of aromatic nitrogens is 2. The highest BCUT2D eigenvalue weighted by molar-refractivity contribution is 6.75. The second kappa shape index (κ2) is 7.45. The van der Waals surface area contributed by atoms with Crippen molar-refractivity contribution in [2.24, 2.45) is 5.41 Å². The van der Waals surface area contributed by atoms with Gasteiger partial charge in [-0.15, -0.1) is 0 Å². The van der Waals surface area contributed by atoms with Crippen molar-refractivity contribution in [3.05, 3.63) is 35.0 Å². The Morgan fingerprint density at radius 1 is 1.17 bits per heavy atom. The average Bonchev–Trinajstić information content (AvgIpc) is 2.58. The zero-order chi connectivity index (χ0) is 21.6. The van der Waals surface area contributed by atoms with Gasteiger partial charge in [0.05, 0.1) is 12.3 Å². The van der Waals surface area contributed by atoms with Gasteiger partial charge in [0.2, 0.25) is 0 Å². The average molecular weight is 434 g/mol. The van der Waals surface area contributed by atoms with Crippen LogP contribution in [0.4, 0.5) is 23.1 Å². The van der Waals surface area contributed by atoms with Gasteiger partial charge in [0, 0.05) is 0 Å². The molecule has 1 atom stereocenters. The summed E-state index contributed by atoms with van der Waals surface area (Å²) in [5.74, 6) is 1.11. The van der Waals surface area contributed by atoms with Crippen molar-refractivity contribution in [1.29, 1.82) is 0 Å². The van der Waals surface area contributed by atoms with E-state index in [2.05, 4.69) is 75.6 Å². The van der Waals surface area contributed by atoms with E-state index in [9.17, 15) is 0 Å². The van der Waals surface area contributed by atoms with Gasteiger partial charge < -0.3 is 10.2 Å². The number of hydrogen-bond donors (Lipinski definition) is 2. The number of rotatable bonds is 6. The van der Waals surface area contributed by atoms with Crippen LogP contribution in [-0.2, 0) is 11.0 Å².